The van der Waals surface area contributed by atoms with E-state index in [1.807, 2.05) is 37.1 Å². The van der Waals surface area contributed by atoms with E-state index in [0.717, 1.165) is 33.8 Å². The zero-order valence-electron chi connectivity index (χ0n) is 11.8. The maximum absolute atomic E-state index is 6.02. The highest BCUT2D eigenvalue weighted by atomic mass is 35.5. The van der Waals surface area contributed by atoms with Crippen LogP contribution in [0.25, 0.3) is 11.2 Å². The lowest BCUT2D eigenvalue weighted by molar-refractivity contribution is 0.728. The van der Waals surface area contributed by atoms with Gasteiger partial charge in [0.1, 0.15) is 11.3 Å². The van der Waals surface area contributed by atoms with Gasteiger partial charge in [-0.05, 0) is 25.5 Å². The number of halogens is 1. The summed E-state index contributed by atoms with van der Waals surface area (Å²) in [5, 5.41) is 4.28. The Morgan fingerprint density at radius 3 is 2.70 bits per heavy atom. The lowest BCUT2D eigenvalue weighted by Crippen LogP contribution is -2.06. The maximum atomic E-state index is 6.02. The predicted octanol–water partition coefficient (Wildman–Crippen LogP) is 2.57. The van der Waals surface area contributed by atoms with Gasteiger partial charge in [-0.1, -0.05) is 0 Å². The van der Waals surface area contributed by atoms with Crippen molar-refractivity contribution in [2.24, 2.45) is 7.05 Å². The van der Waals surface area contributed by atoms with Crippen molar-refractivity contribution in [2.45, 2.75) is 26.3 Å². The number of nitrogens with zero attached hydrogens (tertiary/aromatic N) is 5. The summed E-state index contributed by atoms with van der Waals surface area (Å²) in [7, 11) is 1.94. The van der Waals surface area contributed by atoms with Crippen molar-refractivity contribution in [1.82, 2.24) is 24.3 Å². The number of aromatic nitrogens is 5. The molecule has 0 bridgehead atoms. The van der Waals surface area contributed by atoms with E-state index < -0.39 is 0 Å². The van der Waals surface area contributed by atoms with Gasteiger partial charge in [-0.15, -0.1) is 11.6 Å². The molecule has 0 saturated heterocycles. The van der Waals surface area contributed by atoms with E-state index in [-0.39, 0.29) is 0 Å². The van der Waals surface area contributed by atoms with Crippen molar-refractivity contribution in [1.29, 1.82) is 0 Å². The van der Waals surface area contributed by atoms with Gasteiger partial charge in [0.05, 0.1) is 18.6 Å². The van der Waals surface area contributed by atoms with Crippen molar-refractivity contribution in [3.8, 4) is 0 Å². The van der Waals surface area contributed by atoms with Crippen LogP contribution in [0.15, 0.2) is 18.5 Å². The quantitative estimate of drug-likeness (QED) is 0.696. The molecule has 0 aliphatic rings. The van der Waals surface area contributed by atoms with Crippen LogP contribution in [0.5, 0.6) is 0 Å². The molecule has 0 radical (unpaired) electrons. The molecule has 0 saturated carbocycles. The zero-order chi connectivity index (χ0) is 14.3. The van der Waals surface area contributed by atoms with Crippen molar-refractivity contribution in [2.75, 3.05) is 0 Å². The molecule has 20 heavy (non-hydrogen) atoms. The Balaban J connectivity index is 2.12. The molecule has 3 aromatic heterocycles. The van der Waals surface area contributed by atoms with Gasteiger partial charge < -0.3 is 4.57 Å². The van der Waals surface area contributed by atoms with Gasteiger partial charge in [0.15, 0.2) is 5.65 Å². The molecular formula is C14H16ClN5. The molecule has 0 spiro atoms. The number of rotatable bonds is 3. The van der Waals surface area contributed by atoms with Gasteiger partial charge in [0, 0.05) is 24.5 Å². The Morgan fingerprint density at radius 1 is 1.25 bits per heavy atom. The molecule has 0 atom stereocenters. The first kappa shape index (κ1) is 13.1. The fourth-order valence-electron chi connectivity index (χ4n) is 2.30. The third-order valence-electron chi connectivity index (χ3n) is 3.59. The van der Waals surface area contributed by atoms with E-state index in [0.29, 0.717) is 12.4 Å². The Bertz CT molecular complexity index is 771. The van der Waals surface area contributed by atoms with Gasteiger partial charge >= 0.3 is 0 Å². The summed E-state index contributed by atoms with van der Waals surface area (Å²) in [6.45, 7) is 4.75. The molecular weight excluding hydrogens is 274 g/mol. The Morgan fingerprint density at radius 2 is 2.05 bits per heavy atom. The summed E-state index contributed by atoms with van der Waals surface area (Å²) in [4.78, 5) is 9.06. The van der Waals surface area contributed by atoms with Crippen LogP contribution in [0.3, 0.4) is 0 Å². The minimum Gasteiger partial charge on any atom is -0.307 e. The number of aryl methyl sites for hydroxylation is 2. The minimum atomic E-state index is 0.370. The molecule has 3 aromatic rings. The summed E-state index contributed by atoms with van der Waals surface area (Å²) in [6.07, 6.45) is 3.74. The SMILES string of the molecule is Cc1cnc2c(c1)nc(CCl)n2Cc1cnn(C)c1C. The lowest BCUT2D eigenvalue weighted by Gasteiger charge is -2.06. The first-order chi connectivity index (χ1) is 9.60. The lowest BCUT2D eigenvalue weighted by atomic mass is 10.2. The van der Waals surface area contributed by atoms with E-state index in [9.17, 15) is 0 Å². The smallest absolute Gasteiger partial charge is 0.160 e. The van der Waals surface area contributed by atoms with E-state index in [2.05, 4.69) is 26.6 Å². The van der Waals surface area contributed by atoms with Gasteiger partial charge in [0.25, 0.3) is 0 Å². The van der Waals surface area contributed by atoms with Crippen LogP contribution < -0.4 is 0 Å². The fourth-order valence-corrected chi connectivity index (χ4v) is 2.50. The second kappa shape index (κ2) is 4.90. The highest BCUT2D eigenvalue weighted by molar-refractivity contribution is 6.16. The van der Waals surface area contributed by atoms with Crippen LogP contribution in [0.2, 0.25) is 0 Å². The number of imidazole rings is 1. The Hall–Kier alpha value is -1.88. The van der Waals surface area contributed by atoms with Gasteiger partial charge in [-0.2, -0.15) is 5.10 Å². The standard InChI is InChI=1S/C14H16ClN5/c1-9-4-12-14(16-6-9)20(13(5-15)18-12)8-11-7-17-19(3)10(11)2/h4,6-7H,5,8H2,1-3H3. The van der Waals surface area contributed by atoms with Crippen LogP contribution in [0, 0.1) is 13.8 Å². The van der Waals surface area contributed by atoms with E-state index in [4.69, 9.17) is 11.6 Å². The van der Waals surface area contributed by atoms with Crippen LogP contribution in [-0.4, -0.2) is 24.3 Å². The molecule has 0 amide bonds. The highest BCUT2D eigenvalue weighted by Crippen LogP contribution is 2.19. The molecule has 5 nitrogen and oxygen atoms in total. The average Bonchev–Trinajstić information content (AvgIpc) is 2.93. The predicted molar refractivity (Wildman–Crippen MR) is 78.9 cm³/mol. The summed E-state index contributed by atoms with van der Waals surface area (Å²) in [5.41, 5.74) is 5.15. The second-order valence-corrected chi connectivity index (χ2v) is 5.25. The largest absolute Gasteiger partial charge is 0.307 e. The number of fused-ring (bicyclic) bond motifs is 1. The fraction of sp³-hybridized carbons (Fsp3) is 0.357. The summed E-state index contributed by atoms with van der Waals surface area (Å²) in [6, 6.07) is 2.03. The minimum absolute atomic E-state index is 0.370. The molecule has 0 aromatic carbocycles. The monoisotopic (exact) mass is 289 g/mol. The summed E-state index contributed by atoms with van der Waals surface area (Å²) < 4.78 is 3.93. The molecule has 3 heterocycles. The van der Waals surface area contributed by atoms with Crippen molar-refractivity contribution < 1.29 is 0 Å². The molecule has 0 unspecified atom stereocenters. The van der Waals surface area contributed by atoms with E-state index >= 15 is 0 Å². The third-order valence-corrected chi connectivity index (χ3v) is 3.82. The molecule has 6 heteroatoms. The number of pyridine rings is 1. The summed E-state index contributed by atoms with van der Waals surface area (Å²) >= 11 is 6.02. The molecule has 3 rings (SSSR count). The van der Waals surface area contributed by atoms with Gasteiger partial charge in [-0.25, -0.2) is 9.97 Å². The second-order valence-electron chi connectivity index (χ2n) is 4.98. The van der Waals surface area contributed by atoms with Crippen molar-refractivity contribution >= 4 is 22.8 Å². The molecule has 0 aliphatic heterocycles. The van der Waals surface area contributed by atoms with Crippen LogP contribution in [0.4, 0.5) is 0 Å². The number of hydrogen-bond acceptors (Lipinski definition) is 3. The third kappa shape index (κ3) is 2.08. The van der Waals surface area contributed by atoms with Crippen LogP contribution in [-0.2, 0) is 19.5 Å². The molecule has 0 N–H and O–H groups in total. The summed E-state index contributed by atoms with van der Waals surface area (Å²) in [5.74, 6) is 1.21. The number of alkyl halides is 1. The Kier molecular flexibility index (Phi) is 3.22. The van der Waals surface area contributed by atoms with E-state index in [1.165, 1.54) is 0 Å². The van der Waals surface area contributed by atoms with Crippen molar-refractivity contribution in [3.63, 3.8) is 0 Å². The molecule has 0 fully saturated rings. The Labute approximate surface area is 122 Å². The first-order valence-corrected chi connectivity index (χ1v) is 6.99. The topological polar surface area (TPSA) is 48.5 Å². The highest BCUT2D eigenvalue weighted by Gasteiger charge is 2.13. The van der Waals surface area contributed by atoms with Gasteiger partial charge in [-0.3, -0.25) is 4.68 Å². The van der Waals surface area contributed by atoms with Crippen molar-refractivity contribution in [3.05, 3.63) is 41.1 Å². The molecule has 0 aliphatic carbocycles. The molecule has 104 valence electrons. The first-order valence-electron chi connectivity index (χ1n) is 6.45. The maximum Gasteiger partial charge on any atom is 0.160 e. The van der Waals surface area contributed by atoms with Crippen LogP contribution in [0.1, 0.15) is 22.6 Å². The number of hydrogen-bond donors (Lipinski definition) is 0. The average molecular weight is 290 g/mol. The van der Waals surface area contributed by atoms with E-state index in [1.54, 1.807) is 0 Å². The van der Waals surface area contributed by atoms with Gasteiger partial charge in [0.2, 0.25) is 0 Å². The van der Waals surface area contributed by atoms with Crippen LogP contribution >= 0.6 is 11.6 Å². The normalized spacial score (nSPS) is 11.4. The zero-order valence-corrected chi connectivity index (χ0v) is 12.5.